The first-order valence-corrected chi connectivity index (χ1v) is 4.95. The Balaban J connectivity index is 2.01. The number of benzene rings is 1. The molecular weight excluding hydrogens is 176 g/mol. The van der Waals surface area contributed by atoms with Crippen LogP contribution < -0.4 is 0 Å². The molecule has 0 spiro atoms. The van der Waals surface area contributed by atoms with Crippen LogP contribution in [0.3, 0.4) is 0 Å². The highest BCUT2D eigenvalue weighted by atomic mass is 16.7. The molecule has 0 atom stereocenters. The van der Waals surface area contributed by atoms with E-state index >= 15 is 0 Å². The molecule has 1 saturated carbocycles. The maximum absolute atomic E-state index is 5.35. The quantitative estimate of drug-likeness (QED) is 0.685. The topological polar surface area (TPSA) is 18.5 Å². The first-order valence-electron chi connectivity index (χ1n) is 4.95. The summed E-state index contributed by atoms with van der Waals surface area (Å²) in [5.41, 5.74) is 1.39. The lowest BCUT2D eigenvalue weighted by molar-refractivity contribution is -0.257. The van der Waals surface area contributed by atoms with Crippen LogP contribution in [0.1, 0.15) is 24.3 Å². The van der Waals surface area contributed by atoms with Gasteiger partial charge in [-0.2, -0.15) is 0 Å². The third kappa shape index (κ3) is 1.56. The zero-order chi connectivity index (χ0) is 10.0. The number of methoxy groups -OCH3 is 2. The standard InChI is InChI=1S/C12H16O2/c1-13-12(14-2)8-11(9-12)10-6-4-3-5-7-10/h3-7,11H,8-9H2,1-2H3. The molecule has 0 aromatic heterocycles. The van der Waals surface area contributed by atoms with Gasteiger partial charge in [0.15, 0.2) is 5.79 Å². The van der Waals surface area contributed by atoms with Gasteiger partial charge in [0.05, 0.1) is 0 Å². The summed E-state index contributed by atoms with van der Waals surface area (Å²) in [4.78, 5) is 0. The summed E-state index contributed by atoms with van der Waals surface area (Å²) < 4.78 is 10.7. The van der Waals surface area contributed by atoms with Gasteiger partial charge in [0.1, 0.15) is 0 Å². The van der Waals surface area contributed by atoms with Gasteiger partial charge in [-0.25, -0.2) is 0 Å². The van der Waals surface area contributed by atoms with Gasteiger partial charge < -0.3 is 9.47 Å². The number of hydrogen-bond acceptors (Lipinski definition) is 2. The predicted molar refractivity (Wildman–Crippen MR) is 55.2 cm³/mol. The fraction of sp³-hybridized carbons (Fsp3) is 0.500. The van der Waals surface area contributed by atoms with Gasteiger partial charge in [-0.3, -0.25) is 0 Å². The van der Waals surface area contributed by atoms with E-state index < -0.39 is 0 Å². The first-order chi connectivity index (χ1) is 6.79. The van der Waals surface area contributed by atoms with Crippen molar-refractivity contribution in [3.8, 4) is 0 Å². The van der Waals surface area contributed by atoms with E-state index in [0.717, 1.165) is 12.8 Å². The molecule has 1 aromatic rings. The fourth-order valence-electron chi connectivity index (χ4n) is 2.07. The molecule has 1 fully saturated rings. The van der Waals surface area contributed by atoms with Crippen LogP contribution in [0.2, 0.25) is 0 Å². The smallest absolute Gasteiger partial charge is 0.168 e. The van der Waals surface area contributed by atoms with Crippen LogP contribution in [0.4, 0.5) is 0 Å². The van der Waals surface area contributed by atoms with E-state index in [1.807, 2.05) is 6.07 Å². The van der Waals surface area contributed by atoms with Crippen molar-refractivity contribution < 1.29 is 9.47 Å². The van der Waals surface area contributed by atoms with Crippen LogP contribution in [-0.2, 0) is 9.47 Å². The minimum Gasteiger partial charge on any atom is -0.353 e. The fourth-order valence-corrected chi connectivity index (χ4v) is 2.07. The number of rotatable bonds is 3. The van der Waals surface area contributed by atoms with Crippen molar-refractivity contribution in [3.05, 3.63) is 35.9 Å². The van der Waals surface area contributed by atoms with Gasteiger partial charge in [0.25, 0.3) is 0 Å². The Labute approximate surface area is 84.8 Å². The molecule has 0 aliphatic heterocycles. The van der Waals surface area contributed by atoms with Crippen LogP contribution in [0.5, 0.6) is 0 Å². The van der Waals surface area contributed by atoms with Crippen molar-refractivity contribution in [2.24, 2.45) is 0 Å². The van der Waals surface area contributed by atoms with Gasteiger partial charge in [-0.1, -0.05) is 30.3 Å². The van der Waals surface area contributed by atoms with Crippen LogP contribution >= 0.6 is 0 Å². The van der Waals surface area contributed by atoms with Gasteiger partial charge >= 0.3 is 0 Å². The second-order valence-electron chi connectivity index (χ2n) is 3.83. The summed E-state index contributed by atoms with van der Waals surface area (Å²) in [6, 6.07) is 10.5. The molecule has 2 heteroatoms. The van der Waals surface area contributed by atoms with Crippen molar-refractivity contribution in [1.29, 1.82) is 0 Å². The molecule has 14 heavy (non-hydrogen) atoms. The van der Waals surface area contributed by atoms with E-state index in [-0.39, 0.29) is 5.79 Å². The first kappa shape index (κ1) is 9.69. The van der Waals surface area contributed by atoms with E-state index in [1.54, 1.807) is 14.2 Å². The predicted octanol–water partition coefficient (Wildman–Crippen LogP) is 2.55. The summed E-state index contributed by atoms with van der Waals surface area (Å²) >= 11 is 0. The molecule has 2 nitrogen and oxygen atoms in total. The van der Waals surface area contributed by atoms with Crippen LogP contribution in [-0.4, -0.2) is 20.0 Å². The van der Waals surface area contributed by atoms with E-state index in [4.69, 9.17) is 9.47 Å². The Kier molecular flexibility index (Phi) is 2.57. The van der Waals surface area contributed by atoms with Crippen molar-refractivity contribution in [3.63, 3.8) is 0 Å². The molecule has 0 unspecified atom stereocenters. The summed E-state index contributed by atoms with van der Waals surface area (Å²) in [6.45, 7) is 0. The molecule has 0 bridgehead atoms. The zero-order valence-electron chi connectivity index (χ0n) is 8.69. The molecule has 0 saturated heterocycles. The minimum absolute atomic E-state index is 0.319. The zero-order valence-corrected chi connectivity index (χ0v) is 8.69. The molecular formula is C12H16O2. The highest BCUT2D eigenvalue weighted by molar-refractivity contribution is 5.23. The Morgan fingerprint density at radius 1 is 1.07 bits per heavy atom. The molecule has 0 heterocycles. The van der Waals surface area contributed by atoms with Crippen LogP contribution in [0.25, 0.3) is 0 Å². The number of ether oxygens (including phenoxy) is 2. The lowest BCUT2D eigenvalue weighted by Crippen LogP contribution is -2.45. The Bertz CT molecular complexity index is 282. The highest BCUT2D eigenvalue weighted by Crippen LogP contribution is 2.46. The second kappa shape index (κ2) is 3.71. The van der Waals surface area contributed by atoms with Gasteiger partial charge in [-0.15, -0.1) is 0 Å². The maximum Gasteiger partial charge on any atom is 0.168 e. The average Bonchev–Trinajstić information content (AvgIpc) is 2.19. The summed E-state index contributed by atoms with van der Waals surface area (Å²) in [5, 5.41) is 0. The van der Waals surface area contributed by atoms with E-state index in [2.05, 4.69) is 24.3 Å². The normalized spacial score (nSPS) is 20.4. The third-order valence-electron chi connectivity index (χ3n) is 3.13. The largest absolute Gasteiger partial charge is 0.353 e. The second-order valence-corrected chi connectivity index (χ2v) is 3.83. The van der Waals surface area contributed by atoms with Crippen molar-refractivity contribution >= 4 is 0 Å². The Hall–Kier alpha value is -0.860. The number of hydrogen-bond donors (Lipinski definition) is 0. The van der Waals surface area contributed by atoms with Crippen LogP contribution in [0.15, 0.2) is 30.3 Å². The van der Waals surface area contributed by atoms with Crippen molar-refractivity contribution in [1.82, 2.24) is 0 Å². The van der Waals surface area contributed by atoms with Gasteiger partial charge in [-0.05, 0) is 11.5 Å². The van der Waals surface area contributed by atoms with E-state index in [0.29, 0.717) is 5.92 Å². The van der Waals surface area contributed by atoms with Crippen molar-refractivity contribution in [2.75, 3.05) is 14.2 Å². The maximum atomic E-state index is 5.35. The van der Waals surface area contributed by atoms with Crippen molar-refractivity contribution in [2.45, 2.75) is 24.5 Å². The lowest BCUT2D eigenvalue weighted by Gasteiger charge is -2.45. The molecule has 0 amide bonds. The molecule has 0 radical (unpaired) electrons. The van der Waals surface area contributed by atoms with E-state index in [1.165, 1.54) is 5.56 Å². The Morgan fingerprint density at radius 3 is 2.14 bits per heavy atom. The van der Waals surface area contributed by atoms with Crippen LogP contribution in [0, 0.1) is 0 Å². The van der Waals surface area contributed by atoms with E-state index in [9.17, 15) is 0 Å². The molecule has 76 valence electrons. The van der Waals surface area contributed by atoms with Gasteiger partial charge in [0.2, 0.25) is 0 Å². The Morgan fingerprint density at radius 2 is 1.64 bits per heavy atom. The average molecular weight is 192 g/mol. The molecule has 1 aromatic carbocycles. The third-order valence-corrected chi connectivity index (χ3v) is 3.13. The minimum atomic E-state index is -0.319. The summed E-state index contributed by atoms with van der Waals surface area (Å²) in [7, 11) is 3.43. The summed E-state index contributed by atoms with van der Waals surface area (Å²) in [6.07, 6.45) is 1.92. The van der Waals surface area contributed by atoms with Gasteiger partial charge in [0, 0.05) is 27.1 Å². The monoisotopic (exact) mass is 192 g/mol. The molecule has 0 N–H and O–H groups in total. The SMILES string of the molecule is COC1(OC)CC(c2ccccc2)C1. The molecule has 1 aliphatic carbocycles. The lowest BCUT2D eigenvalue weighted by atomic mass is 9.74. The highest BCUT2D eigenvalue weighted by Gasteiger charge is 2.45. The summed E-state index contributed by atoms with van der Waals surface area (Å²) in [5.74, 6) is 0.275. The molecule has 1 aliphatic rings. The molecule has 2 rings (SSSR count).